The van der Waals surface area contributed by atoms with E-state index in [1.807, 2.05) is 12.1 Å². The minimum atomic E-state index is 0.353. The maximum atomic E-state index is 5.62. The molecule has 1 fully saturated rings. The molecule has 4 heteroatoms. The van der Waals surface area contributed by atoms with E-state index in [1.54, 1.807) is 7.11 Å². The maximum Gasteiger partial charge on any atom is 0.119 e. The Balaban J connectivity index is 2.03. The zero-order valence-electron chi connectivity index (χ0n) is 10.1. The van der Waals surface area contributed by atoms with E-state index in [-0.39, 0.29) is 0 Å². The molecule has 1 aromatic carbocycles. The molecule has 0 heterocycles. The molecule has 1 aliphatic rings. The Hall–Kier alpha value is -0.580. The third kappa shape index (κ3) is 3.69. The molecular weight excluding hydrogens is 280 g/mol. The van der Waals surface area contributed by atoms with Crippen molar-refractivity contribution in [2.24, 2.45) is 11.8 Å². The van der Waals surface area contributed by atoms with Crippen molar-refractivity contribution < 1.29 is 4.74 Å². The summed E-state index contributed by atoms with van der Waals surface area (Å²) in [5, 5.41) is 0. The first-order valence-corrected chi connectivity index (χ1v) is 6.80. The second kappa shape index (κ2) is 5.85. The lowest BCUT2D eigenvalue weighted by Crippen LogP contribution is -2.37. The van der Waals surface area contributed by atoms with Crippen LogP contribution < -0.4 is 16.0 Å². The van der Waals surface area contributed by atoms with Gasteiger partial charge >= 0.3 is 0 Å². The molecule has 1 aliphatic carbocycles. The van der Waals surface area contributed by atoms with Gasteiger partial charge in [0.05, 0.1) is 7.11 Å². The summed E-state index contributed by atoms with van der Waals surface area (Å²) < 4.78 is 6.37. The van der Waals surface area contributed by atoms with Crippen LogP contribution in [0.5, 0.6) is 5.75 Å². The van der Waals surface area contributed by atoms with Crippen molar-refractivity contribution in [3.63, 3.8) is 0 Å². The van der Waals surface area contributed by atoms with Gasteiger partial charge in [0.15, 0.2) is 0 Å². The largest absolute Gasteiger partial charge is 0.497 e. The first-order valence-electron chi connectivity index (χ1n) is 6.01. The summed E-state index contributed by atoms with van der Waals surface area (Å²) in [5.74, 6) is 7.39. The molecule has 0 radical (unpaired) electrons. The molecule has 0 spiro atoms. The molecule has 0 aliphatic heterocycles. The van der Waals surface area contributed by atoms with Crippen molar-refractivity contribution >= 4 is 15.9 Å². The van der Waals surface area contributed by atoms with Crippen LogP contribution in [0.2, 0.25) is 0 Å². The van der Waals surface area contributed by atoms with Crippen LogP contribution in [-0.4, -0.2) is 13.2 Å². The normalized spacial score (nSPS) is 16.9. The fraction of sp³-hybridized carbons (Fsp3) is 0.538. The Morgan fingerprint density at radius 2 is 2.29 bits per heavy atom. The number of ether oxygens (including phenoxy) is 1. The minimum Gasteiger partial charge on any atom is -0.497 e. The van der Waals surface area contributed by atoms with Crippen LogP contribution in [0, 0.1) is 5.92 Å². The molecule has 1 aromatic rings. The highest BCUT2D eigenvalue weighted by molar-refractivity contribution is 9.10. The fourth-order valence-electron chi connectivity index (χ4n) is 2.07. The van der Waals surface area contributed by atoms with E-state index in [1.165, 1.54) is 24.8 Å². The number of hydrogen-bond acceptors (Lipinski definition) is 3. The number of hydrazine groups is 1. The van der Waals surface area contributed by atoms with Gasteiger partial charge in [-0.3, -0.25) is 11.3 Å². The van der Waals surface area contributed by atoms with Gasteiger partial charge in [-0.25, -0.2) is 0 Å². The Labute approximate surface area is 111 Å². The molecule has 1 atom stereocenters. The van der Waals surface area contributed by atoms with Gasteiger partial charge in [-0.1, -0.05) is 28.8 Å². The van der Waals surface area contributed by atoms with Gasteiger partial charge in [0.1, 0.15) is 5.75 Å². The van der Waals surface area contributed by atoms with Gasteiger partial charge in [0, 0.05) is 10.5 Å². The molecule has 0 bridgehead atoms. The lowest BCUT2D eigenvalue weighted by atomic mass is 10.0. The third-order valence-corrected chi connectivity index (χ3v) is 4.04. The smallest absolute Gasteiger partial charge is 0.119 e. The SMILES string of the molecule is COc1ccc(Br)c(CC(CC2CC2)NN)c1. The molecule has 94 valence electrons. The second-order valence-corrected chi connectivity index (χ2v) is 5.56. The minimum absolute atomic E-state index is 0.353. The quantitative estimate of drug-likeness (QED) is 0.627. The van der Waals surface area contributed by atoms with E-state index in [2.05, 4.69) is 27.4 Å². The van der Waals surface area contributed by atoms with Crippen molar-refractivity contribution in [3.8, 4) is 5.75 Å². The van der Waals surface area contributed by atoms with Crippen molar-refractivity contribution in [1.29, 1.82) is 0 Å². The van der Waals surface area contributed by atoms with Gasteiger partial charge in [0.2, 0.25) is 0 Å². The number of nitrogens with two attached hydrogens (primary N) is 1. The predicted molar refractivity (Wildman–Crippen MR) is 72.9 cm³/mol. The van der Waals surface area contributed by atoms with Gasteiger partial charge in [-0.2, -0.15) is 0 Å². The first kappa shape index (κ1) is 12.9. The van der Waals surface area contributed by atoms with Gasteiger partial charge < -0.3 is 4.74 Å². The van der Waals surface area contributed by atoms with Crippen molar-refractivity contribution in [2.75, 3.05) is 7.11 Å². The number of halogens is 1. The van der Waals surface area contributed by atoms with E-state index >= 15 is 0 Å². The molecule has 1 saturated carbocycles. The van der Waals surface area contributed by atoms with E-state index in [9.17, 15) is 0 Å². The van der Waals surface area contributed by atoms with Gasteiger partial charge in [-0.05, 0) is 42.5 Å². The Morgan fingerprint density at radius 1 is 1.53 bits per heavy atom. The summed E-state index contributed by atoms with van der Waals surface area (Å²) in [6, 6.07) is 6.41. The van der Waals surface area contributed by atoms with Crippen LogP contribution in [0.15, 0.2) is 22.7 Å². The van der Waals surface area contributed by atoms with Crippen LogP contribution >= 0.6 is 15.9 Å². The molecule has 0 amide bonds. The third-order valence-electron chi connectivity index (χ3n) is 3.27. The highest BCUT2D eigenvalue weighted by Gasteiger charge is 2.25. The summed E-state index contributed by atoms with van der Waals surface area (Å²) in [7, 11) is 1.69. The average molecular weight is 299 g/mol. The molecule has 3 N–H and O–H groups in total. The van der Waals surface area contributed by atoms with Crippen LogP contribution in [0.3, 0.4) is 0 Å². The summed E-state index contributed by atoms with van der Waals surface area (Å²) in [6.45, 7) is 0. The summed E-state index contributed by atoms with van der Waals surface area (Å²) in [6.07, 6.45) is 4.82. The first-order chi connectivity index (χ1) is 8.22. The van der Waals surface area contributed by atoms with E-state index in [0.717, 1.165) is 22.6 Å². The summed E-state index contributed by atoms with van der Waals surface area (Å²) >= 11 is 3.58. The highest BCUT2D eigenvalue weighted by Crippen LogP contribution is 2.34. The topological polar surface area (TPSA) is 47.3 Å². The molecule has 17 heavy (non-hydrogen) atoms. The van der Waals surface area contributed by atoms with Gasteiger partial charge in [-0.15, -0.1) is 0 Å². The van der Waals surface area contributed by atoms with Crippen LogP contribution in [0.4, 0.5) is 0 Å². The van der Waals surface area contributed by atoms with Crippen LogP contribution in [-0.2, 0) is 6.42 Å². The molecular formula is C13H19BrN2O. The Morgan fingerprint density at radius 3 is 2.88 bits per heavy atom. The average Bonchev–Trinajstić information content (AvgIpc) is 3.14. The maximum absolute atomic E-state index is 5.62. The van der Waals surface area contributed by atoms with Crippen molar-refractivity contribution in [2.45, 2.75) is 31.7 Å². The second-order valence-electron chi connectivity index (χ2n) is 4.70. The van der Waals surface area contributed by atoms with Crippen molar-refractivity contribution in [1.82, 2.24) is 5.43 Å². The van der Waals surface area contributed by atoms with E-state index in [0.29, 0.717) is 6.04 Å². The number of hydrogen-bond donors (Lipinski definition) is 2. The predicted octanol–water partition coefficient (Wildman–Crippen LogP) is 2.63. The van der Waals surface area contributed by atoms with Crippen molar-refractivity contribution in [3.05, 3.63) is 28.2 Å². The standard InChI is InChI=1S/C13H19BrN2O/c1-17-12-4-5-13(14)10(8-12)7-11(16-15)6-9-2-3-9/h4-5,8-9,11,16H,2-3,6-7,15H2,1H3. The molecule has 3 nitrogen and oxygen atoms in total. The van der Waals surface area contributed by atoms with Gasteiger partial charge in [0.25, 0.3) is 0 Å². The van der Waals surface area contributed by atoms with E-state index < -0.39 is 0 Å². The lowest BCUT2D eigenvalue weighted by molar-refractivity contribution is 0.413. The monoisotopic (exact) mass is 298 g/mol. The number of rotatable bonds is 6. The number of methoxy groups -OCH3 is 1. The Bertz CT molecular complexity index is 380. The fourth-order valence-corrected chi connectivity index (χ4v) is 2.47. The Kier molecular flexibility index (Phi) is 4.42. The molecule has 1 unspecified atom stereocenters. The molecule has 0 saturated heterocycles. The number of benzene rings is 1. The molecule has 0 aromatic heterocycles. The van der Waals surface area contributed by atoms with Crippen LogP contribution in [0.25, 0.3) is 0 Å². The summed E-state index contributed by atoms with van der Waals surface area (Å²) in [5.41, 5.74) is 4.17. The zero-order chi connectivity index (χ0) is 12.3. The number of nitrogens with one attached hydrogen (secondary N) is 1. The highest BCUT2D eigenvalue weighted by atomic mass is 79.9. The summed E-state index contributed by atoms with van der Waals surface area (Å²) in [4.78, 5) is 0. The van der Waals surface area contributed by atoms with E-state index in [4.69, 9.17) is 10.6 Å². The lowest BCUT2D eigenvalue weighted by Gasteiger charge is -2.17. The zero-order valence-corrected chi connectivity index (χ0v) is 11.7. The van der Waals surface area contributed by atoms with Crippen LogP contribution in [0.1, 0.15) is 24.8 Å². The molecule has 2 rings (SSSR count).